The fourth-order valence-corrected chi connectivity index (χ4v) is 1.54. The standard InChI is InChI=1S/C12H14BrN3O2/c1-2-6-14-11(17)12(18)16-15-8-9-4-3-5-10(13)7-9/h3-5,7-8H,2,6H2,1H3,(H,14,17)(H,16,18)/b15-8+. The Morgan fingerprint density at radius 1 is 1.39 bits per heavy atom. The number of hydrogen-bond acceptors (Lipinski definition) is 3. The number of hydrogen-bond donors (Lipinski definition) is 2. The van der Waals surface area contributed by atoms with E-state index in [0.717, 1.165) is 16.5 Å². The van der Waals surface area contributed by atoms with Crippen molar-refractivity contribution in [1.29, 1.82) is 0 Å². The molecule has 18 heavy (non-hydrogen) atoms. The topological polar surface area (TPSA) is 70.6 Å². The molecule has 96 valence electrons. The van der Waals surface area contributed by atoms with Crippen molar-refractivity contribution in [3.05, 3.63) is 34.3 Å². The third-order valence-electron chi connectivity index (χ3n) is 1.97. The Hall–Kier alpha value is -1.69. The fraction of sp³-hybridized carbons (Fsp3) is 0.250. The molecular weight excluding hydrogens is 298 g/mol. The lowest BCUT2D eigenvalue weighted by molar-refractivity contribution is -0.139. The molecule has 0 aliphatic carbocycles. The number of benzene rings is 1. The third kappa shape index (κ3) is 5.09. The maximum Gasteiger partial charge on any atom is 0.329 e. The summed E-state index contributed by atoms with van der Waals surface area (Å²) in [6.45, 7) is 2.38. The molecule has 0 aliphatic rings. The number of nitrogens with one attached hydrogen (secondary N) is 2. The SMILES string of the molecule is CCCNC(=O)C(=O)N/N=C/c1cccc(Br)c1. The van der Waals surface area contributed by atoms with Crippen molar-refractivity contribution in [2.24, 2.45) is 5.10 Å². The number of rotatable bonds is 4. The Labute approximate surface area is 114 Å². The zero-order valence-electron chi connectivity index (χ0n) is 9.94. The van der Waals surface area contributed by atoms with E-state index < -0.39 is 11.8 Å². The highest BCUT2D eigenvalue weighted by Gasteiger charge is 2.10. The predicted molar refractivity (Wildman–Crippen MR) is 73.2 cm³/mol. The summed E-state index contributed by atoms with van der Waals surface area (Å²) in [5.74, 6) is -1.45. The molecule has 1 rings (SSSR count). The van der Waals surface area contributed by atoms with Crippen LogP contribution in [0.25, 0.3) is 0 Å². The van der Waals surface area contributed by atoms with Crippen LogP contribution in [0.2, 0.25) is 0 Å². The Morgan fingerprint density at radius 2 is 2.17 bits per heavy atom. The molecule has 6 heteroatoms. The molecule has 2 N–H and O–H groups in total. The number of halogens is 1. The van der Waals surface area contributed by atoms with Crippen molar-refractivity contribution >= 4 is 34.0 Å². The second-order valence-electron chi connectivity index (χ2n) is 3.51. The molecule has 0 unspecified atom stereocenters. The lowest BCUT2D eigenvalue weighted by Gasteiger charge is -2.01. The molecule has 0 fully saturated rings. The van der Waals surface area contributed by atoms with Crippen LogP contribution < -0.4 is 10.7 Å². The minimum atomic E-state index is -0.769. The summed E-state index contributed by atoms with van der Waals surface area (Å²) in [6, 6.07) is 7.40. The molecular formula is C12H14BrN3O2. The zero-order valence-corrected chi connectivity index (χ0v) is 11.5. The summed E-state index contributed by atoms with van der Waals surface area (Å²) in [4.78, 5) is 22.5. The van der Waals surface area contributed by atoms with E-state index >= 15 is 0 Å². The van der Waals surface area contributed by atoms with Crippen molar-refractivity contribution in [2.45, 2.75) is 13.3 Å². The molecule has 1 aromatic carbocycles. The van der Waals surface area contributed by atoms with Crippen LogP contribution in [-0.4, -0.2) is 24.6 Å². The van der Waals surface area contributed by atoms with Gasteiger partial charge >= 0.3 is 11.8 Å². The predicted octanol–water partition coefficient (Wildman–Crippen LogP) is 1.43. The van der Waals surface area contributed by atoms with Crippen molar-refractivity contribution in [3.8, 4) is 0 Å². The van der Waals surface area contributed by atoms with E-state index in [2.05, 4.69) is 31.8 Å². The fourth-order valence-electron chi connectivity index (χ4n) is 1.12. The molecule has 2 amide bonds. The van der Waals surface area contributed by atoms with E-state index in [1.54, 1.807) is 0 Å². The summed E-state index contributed by atoms with van der Waals surface area (Å²) in [6.07, 6.45) is 2.25. The lowest BCUT2D eigenvalue weighted by atomic mass is 10.2. The first-order valence-corrected chi connectivity index (χ1v) is 6.29. The van der Waals surface area contributed by atoms with Gasteiger partial charge in [0.15, 0.2) is 0 Å². The quantitative estimate of drug-likeness (QED) is 0.501. The number of carbonyl (C=O) groups excluding carboxylic acids is 2. The van der Waals surface area contributed by atoms with E-state index in [0.29, 0.717) is 6.54 Å². The van der Waals surface area contributed by atoms with Gasteiger partial charge in [0.25, 0.3) is 0 Å². The minimum Gasteiger partial charge on any atom is -0.348 e. The van der Waals surface area contributed by atoms with Crippen LogP contribution in [0, 0.1) is 0 Å². The van der Waals surface area contributed by atoms with Crippen molar-refractivity contribution in [1.82, 2.24) is 10.7 Å². The molecule has 0 bridgehead atoms. The summed E-state index contributed by atoms with van der Waals surface area (Å²) in [5, 5.41) is 6.16. The maximum atomic E-state index is 11.3. The number of nitrogens with zero attached hydrogens (tertiary/aromatic N) is 1. The second kappa shape index (κ2) is 7.60. The molecule has 0 aliphatic heterocycles. The van der Waals surface area contributed by atoms with Crippen LogP contribution in [0.1, 0.15) is 18.9 Å². The Kier molecular flexibility index (Phi) is 6.07. The average molecular weight is 312 g/mol. The number of amides is 2. The third-order valence-corrected chi connectivity index (χ3v) is 2.46. The molecule has 0 aromatic heterocycles. The van der Waals surface area contributed by atoms with Gasteiger partial charge < -0.3 is 5.32 Å². The normalized spacial score (nSPS) is 10.3. The van der Waals surface area contributed by atoms with Gasteiger partial charge in [-0.15, -0.1) is 0 Å². The minimum absolute atomic E-state index is 0.474. The van der Waals surface area contributed by atoms with Gasteiger partial charge in [0, 0.05) is 11.0 Å². The monoisotopic (exact) mass is 311 g/mol. The second-order valence-corrected chi connectivity index (χ2v) is 4.43. The van der Waals surface area contributed by atoms with E-state index in [-0.39, 0.29) is 0 Å². The van der Waals surface area contributed by atoms with Gasteiger partial charge in [-0.05, 0) is 24.1 Å². The van der Waals surface area contributed by atoms with Gasteiger partial charge in [0.1, 0.15) is 0 Å². The van der Waals surface area contributed by atoms with Crippen LogP contribution >= 0.6 is 15.9 Å². The zero-order chi connectivity index (χ0) is 13.4. The molecule has 0 spiro atoms. The van der Waals surface area contributed by atoms with Gasteiger partial charge in [-0.3, -0.25) is 9.59 Å². The van der Waals surface area contributed by atoms with Gasteiger partial charge in [-0.1, -0.05) is 35.0 Å². The van der Waals surface area contributed by atoms with Crippen LogP contribution in [0.3, 0.4) is 0 Å². The highest BCUT2D eigenvalue weighted by molar-refractivity contribution is 9.10. The van der Waals surface area contributed by atoms with Crippen LogP contribution in [0.15, 0.2) is 33.8 Å². The lowest BCUT2D eigenvalue weighted by Crippen LogP contribution is -2.38. The van der Waals surface area contributed by atoms with Gasteiger partial charge in [-0.25, -0.2) is 5.43 Å². The van der Waals surface area contributed by atoms with Gasteiger partial charge in [0.05, 0.1) is 6.21 Å². The molecule has 5 nitrogen and oxygen atoms in total. The van der Waals surface area contributed by atoms with Gasteiger partial charge in [-0.2, -0.15) is 5.10 Å². The van der Waals surface area contributed by atoms with Crippen LogP contribution in [-0.2, 0) is 9.59 Å². The van der Waals surface area contributed by atoms with Crippen molar-refractivity contribution < 1.29 is 9.59 Å². The maximum absolute atomic E-state index is 11.3. The number of carbonyl (C=O) groups is 2. The average Bonchev–Trinajstić information content (AvgIpc) is 2.35. The van der Waals surface area contributed by atoms with E-state index in [4.69, 9.17) is 0 Å². The summed E-state index contributed by atoms with van der Waals surface area (Å²) in [7, 11) is 0. The highest BCUT2D eigenvalue weighted by Crippen LogP contribution is 2.09. The molecule has 0 heterocycles. The van der Waals surface area contributed by atoms with Crippen molar-refractivity contribution in [2.75, 3.05) is 6.54 Å². The Morgan fingerprint density at radius 3 is 2.83 bits per heavy atom. The van der Waals surface area contributed by atoms with E-state index in [1.165, 1.54) is 6.21 Å². The summed E-state index contributed by atoms with van der Waals surface area (Å²) < 4.78 is 0.915. The number of hydrazone groups is 1. The van der Waals surface area contributed by atoms with E-state index in [9.17, 15) is 9.59 Å². The molecule has 0 radical (unpaired) electrons. The van der Waals surface area contributed by atoms with Crippen molar-refractivity contribution in [3.63, 3.8) is 0 Å². The van der Waals surface area contributed by atoms with Crippen LogP contribution in [0.4, 0.5) is 0 Å². The largest absolute Gasteiger partial charge is 0.348 e. The van der Waals surface area contributed by atoms with E-state index in [1.807, 2.05) is 31.2 Å². The van der Waals surface area contributed by atoms with Crippen LogP contribution in [0.5, 0.6) is 0 Å². The molecule has 0 atom stereocenters. The highest BCUT2D eigenvalue weighted by atomic mass is 79.9. The smallest absolute Gasteiger partial charge is 0.329 e. The van der Waals surface area contributed by atoms with Gasteiger partial charge in [0.2, 0.25) is 0 Å². The molecule has 0 saturated carbocycles. The first-order chi connectivity index (χ1) is 8.63. The Balaban J connectivity index is 2.45. The summed E-state index contributed by atoms with van der Waals surface area (Å²) in [5.41, 5.74) is 2.98. The Bertz CT molecular complexity index is 460. The molecule has 1 aromatic rings. The molecule has 0 saturated heterocycles. The summed E-state index contributed by atoms with van der Waals surface area (Å²) >= 11 is 3.32. The first kappa shape index (κ1) is 14.4. The first-order valence-electron chi connectivity index (χ1n) is 5.50.